The van der Waals surface area contributed by atoms with Gasteiger partial charge in [-0.2, -0.15) is 4.37 Å². The fraction of sp³-hybridized carbons (Fsp3) is 0.778. The summed E-state index contributed by atoms with van der Waals surface area (Å²) in [5.74, 6) is 1.52. The molecule has 0 aromatic carbocycles. The average molecular weight is 199 g/mol. The molecule has 3 nitrogen and oxygen atoms in total. The molecule has 0 saturated heterocycles. The van der Waals surface area contributed by atoms with E-state index in [0.717, 1.165) is 11.0 Å². The van der Waals surface area contributed by atoms with E-state index in [-0.39, 0.29) is 0 Å². The van der Waals surface area contributed by atoms with Crippen LogP contribution in [0.25, 0.3) is 0 Å². The maximum atomic E-state index is 4.26. The van der Waals surface area contributed by atoms with Crippen molar-refractivity contribution >= 4 is 16.7 Å². The molecule has 74 valence electrons. The van der Waals surface area contributed by atoms with Crippen molar-refractivity contribution in [2.45, 2.75) is 40.2 Å². The van der Waals surface area contributed by atoms with Crippen molar-refractivity contribution in [2.24, 2.45) is 5.92 Å². The highest BCUT2D eigenvalue weighted by atomic mass is 32.1. The summed E-state index contributed by atoms with van der Waals surface area (Å²) in [7, 11) is 0. The van der Waals surface area contributed by atoms with Crippen molar-refractivity contribution < 1.29 is 0 Å². The van der Waals surface area contributed by atoms with Crippen LogP contribution in [0, 0.1) is 12.8 Å². The van der Waals surface area contributed by atoms with E-state index in [4.69, 9.17) is 0 Å². The van der Waals surface area contributed by atoms with Gasteiger partial charge in [0.25, 0.3) is 0 Å². The molecule has 2 unspecified atom stereocenters. The minimum Gasteiger partial charge on any atom is -0.358 e. The molecule has 1 aromatic rings. The number of hydrogen-bond donors (Lipinski definition) is 1. The second-order valence-electron chi connectivity index (χ2n) is 3.47. The lowest BCUT2D eigenvalue weighted by Crippen LogP contribution is -2.22. The Balaban J connectivity index is 2.49. The van der Waals surface area contributed by atoms with Gasteiger partial charge in [0.05, 0.1) is 0 Å². The summed E-state index contributed by atoms with van der Waals surface area (Å²) in [6, 6.07) is 0.470. The zero-order valence-corrected chi connectivity index (χ0v) is 9.48. The molecule has 1 rings (SSSR count). The smallest absolute Gasteiger partial charge is 0.202 e. The summed E-state index contributed by atoms with van der Waals surface area (Å²) >= 11 is 1.43. The molecule has 0 radical (unpaired) electrons. The van der Waals surface area contributed by atoms with Gasteiger partial charge in [-0.15, -0.1) is 0 Å². The van der Waals surface area contributed by atoms with Crippen molar-refractivity contribution in [1.82, 2.24) is 9.36 Å². The molecule has 4 heteroatoms. The van der Waals surface area contributed by atoms with Crippen molar-refractivity contribution in [3.8, 4) is 0 Å². The van der Waals surface area contributed by atoms with Crippen LogP contribution in [0.3, 0.4) is 0 Å². The third-order valence-corrected chi connectivity index (χ3v) is 3.11. The van der Waals surface area contributed by atoms with Crippen LogP contribution in [-0.4, -0.2) is 15.4 Å². The average Bonchev–Trinajstić information content (AvgIpc) is 2.49. The predicted octanol–water partition coefficient (Wildman–Crippen LogP) is 2.69. The third kappa shape index (κ3) is 2.95. The standard InChI is InChI=1S/C9H17N3S/c1-5-6(2)7(3)10-9-11-8(4)12-13-9/h6-7H,5H2,1-4H3,(H,10,11,12). The first-order chi connectivity index (χ1) is 6.13. The molecule has 0 saturated carbocycles. The largest absolute Gasteiger partial charge is 0.358 e. The topological polar surface area (TPSA) is 37.8 Å². The highest BCUT2D eigenvalue weighted by Gasteiger charge is 2.11. The molecule has 0 bridgehead atoms. The molecule has 0 aliphatic carbocycles. The number of hydrogen-bond acceptors (Lipinski definition) is 4. The van der Waals surface area contributed by atoms with Crippen molar-refractivity contribution in [2.75, 3.05) is 5.32 Å². The number of nitrogens with zero attached hydrogens (tertiary/aromatic N) is 2. The molecule has 1 aromatic heterocycles. The van der Waals surface area contributed by atoms with Crippen LogP contribution in [0.5, 0.6) is 0 Å². The Morgan fingerprint density at radius 2 is 2.15 bits per heavy atom. The van der Waals surface area contributed by atoms with Gasteiger partial charge in [-0.25, -0.2) is 4.98 Å². The van der Waals surface area contributed by atoms with E-state index in [9.17, 15) is 0 Å². The van der Waals surface area contributed by atoms with E-state index in [1.54, 1.807) is 0 Å². The zero-order chi connectivity index (χ0) is 9.84. The fourth-order valence-corrected chi connectivity index (χ4v) is 1.72. The lowest BCUT2D eigenvalue weighted by Gasteiger charge is -2.18. The van der Waals surface area contributed by atoms with Crippen LogP contribution < -0.4 is 5.32 Å². The number of aryl methyl sites for hydroxylation is 1. The first-order valence-electron chi connectivity index (χ1n) is 4.70. The maximum absolute atomic E-state index is 4.26. The highest BCUT2D eigenvalue weighted by Crippen LogP contribution is 2.16. The van der Waals surface area contributed by atoms with Gasteiger partial charge in [-0.1, -0.05) is 20.3 Å². The van der Waals surface area contributed by atoms with Gasteiger partial charge in [-0.3, -0.25) is 0 Å². The number of anilines is 1. The van der Waals surface area contributed by atoms with Crippen molar-refractivity contribution in [3.63, 3.8) is 0 Å². The van der Waals surface area contributed by atoms with Crippen LogP contribution in [0.1, 0.15) is 33.0 Å². The Kier molecular flexibility index (Phi) is 3.66. The Labute approximate surface area is 83.8 Å². The van der Waals surface area contributed by atoms with Gasteiger partial charge in [0.2, 0.25) is 5.13 Å². The molecular weight excluding hydrogens is 182 g/mol. The molecule has 0 aliphatic heterocycles. The van der Waals surface area contributed by atoms with Crippen molar-refractivity contribution in [3.05, 3.63) is 5.82 Å². The summed E-state index contributed by atoms with van der Waals surface area (Å²) in [5.41, 5.74) is 0. The van der Waals surface area contributed by atoms with E-state index in [0.29, 0.717) is 12.0 Å². The predicted molar refractivity (Wildman–Crippen MR) is 57.2 cm³/mol. The molecule has 2 atom stereocenters. The molecular formula is C9H17N3S. The minimum atomic E-state index is 0.470. The Morgan fingerprint density at radius 1 is 1.46 bits per heavy atom. The first kappa shape index (κ1) is 10.4. The van der Waals surface area contributed by atoms with Gasteiger partial charge in [0.15, 0.2) is 0 Å². The molecule has 13 heavy (non-hydrogen) atoms. The lowest BCUT2D eigenvalue weighted by molar-refractivity contribution is 0.494. The van der Waals surface area contributed by atoms with Gasteiger partial charge in [-0.05, 0) is 19.8 Å². The van der Waals surface area contributed by atoms with E-state index in [1.807, 2.05) is 6.92 Å². The zero-order valence-electron chi connectivity index (χ0n) is 8.66. The van der Waals surface area contributed by atoms with Gasteiger partial charge < -0.3 is 5.32 Å². The second-order valence-corrected chi connectivity index (χ2v) is 4.22. The summed E-state index contributed by atoms with van der Waals surface area (Å²) in [6.07, 6.45) is 1.19. The van der Waals surface area contributed by atoms with Crippen LogP contribution in [0.2, 0.25) is 0 Å². The summed E-state index contributed by atoms with van der Waals surface area (Å²) in [6.45, 7) is 8.54. The SMILES string of the molecule is CCC(C)C(C)Nc1nc(C)ns1. The van der Waals surface area contributed by atoms with Crippen molar-refractivity contribution in [1.29, 1.82) is 0 Å². The van der Waals surface area contributed by atoms with Crippen LogP contribution >= 0.6 is 11.5 Å². The molecule has 0 amide bonds. The number of aromatic nitrogens is 2. The van der Waals surface area contributed by atoms with Crippen LogP contribution in [-0.2, 0) is 0 Å². The molecule has 0 aliphatic rings. The monoisotopic (exact) mass is 199 g/mol. The molecule has 0 fully saturated rings. The number of nitrogens with one attached hydrogen (secondary N) is 1. The fourth-order valence-electron chi connectivity index (χ4n) is 1.05. The second kappa shape index (κ2) is 4.56. The normalized spacial score (nSPS) is 15.4. The molecule has 1 N–H and O–H groups in total. The van der Waals surface area contributed by atoms with Gasteiger partial charge in [0, 0.05) is 17.6 Å². The highest BCUT2D eigenvalue weighted by molar-refractivity contribution is 7.09. The third-order valence-electron chi connectivity index (χ3n) is 2.38. The Bertz CT molecular complexity index is 259. The molecule has 1 heterocycles. The van der Waals surface area contributed by atoms with Crippen LogP contribution in [0.15, 0.2) is 0 Å². The molecule has 0 spiro atoms. The van der Waals surface area contributed by atoms with E-state index in [2.05, 4.69) is 35.4 Å². The first-order valence-corrected chi connectivity index (χ1v) is 5.47. The quantitative estimate of drug-likeness (QED) is 0.810. The number of rotatable bonds is 4. The van der Waals surface area contributed by atoms with Crippen LogP contribution in [0.4, 0.5) is 5.13 Å². The summed E-state index contributed by atoms with van der Waals surface area (Å²) in [5, 5.41) is 4.29. The minimum absolute atomic E-state index is 0.470. The summed E-state index contributed by atoms with van der Waals surface area (Å²) < 4.78 is 4.12. The van der Waals surface area contributed by atoms with Gasteiger partial charge in [0.1, 0.15) is 5.82 Å². The maximum Gasteiger partial charge on any atom is 0.202 e. The Hall–Kier alpha value is -0.640. The van der Waals surface area contributed by atoms with Gasteiger partial charge >= 0.3 is 0 Å². The Morgan fingerprint density at radius 3 is 2.62 bits per heavy atom. The van der Waals surface area contributed by atoms with E-state index in [1.165, 1.54) is 18.0 Å². The van der Waals surface area contributed by atoms with E-state index >= 15 is 0 Å². The summed E-state index contributed by atoms with van der Waals surface area (Å²) in [4.78, 5) is 4.26. The lowest BCUT2D eigenvalue weighted by atomic mass is 10.0. The van der Waals surface area contributed by atoms with E-state index < -0.39 is 0 Å².